The van der Waals surface area contributed by atoms with Gasteiger partial charge in [-0.25, -0.2) is 4.98 Å². The molecule has 0 saturated heterocycles. The molecular formula is C17H20ClNO2. The van der Waals surface area contributed by atoms with Gasteiger partial charge in [0.2, 0.25) is 5.88 Å². The SMILES string of the molecule is CCCc1cc(CCl)cc(OCc2ccc(OC)cc2)n1. The number of alkyl halides is 1. The summed E-state index contributed by atoms with van der Waals surface area (Å²) >= 11 is 5.92. The van der Waals surface area contributed by atoms with Gasteiger partial charge in [-0.15, -0.1) is 11.6 Å². The Morgan fingerprint density at radius 1 is 1.10 bits per heavy atom. The fourth-order valence-electron chi connectivity index (χ4n) is 2.03. The first kappa shape index (κ1) is 15.6. The van der Waals surface area contributed by atoms with E-state index in [4.69, 9.17) is 21.1 Å². The number of hydrogen-bond acceptors (Lipinski definition) is 3. The molecule has 0 unspecified atom stereocenters. The van der Waals surface area contributed by atoms with Crippen molar-refractivity contribution in [1.29, 1.82) is 0 Å². The second-order valence-corrected chi connectivity index (χ2v) is 5.09. The minimum Gasteiger partial charge on any atom is -0.497 e. The number of pyridine rings is 1. The van der Waals surface area contributed by atoms with E-state index in [-0.39, 0.29) is 0 Å². The van der Waals surface area contributed by atoms with Crippen LogP contribution in [0.3, 0.4) is 0 Å². The fourth-order valence-corrected chi connectivity index (χ4v) is 2.19. The average molecular weight is 306 g/mol. The summed E-state index contributed by atoms with van der Waals surface area (Å²) in [7, 11) is 1.66. The second kappa shape index (κ2) is 7.89. The number of rotatable bonds is 7. The lowest BCUT2D eigenvalue weighted by Crippen LogP contribution is -2.01. The van der Waals surface area contributed by atoms with Crippen molar-refractivity contribution < 1.29 is 9.47 Å². The molecular weight excluding hydrogens is 286 g/mol. The number of benzene rings is 1. The zero-order valence-corrected chi connectivity index (χ0v) is 13.2. The number of nitrogens with zero attached hydrogens (tertiary/aromatic N) is 1. The maximum Gasteiger partial charge on any atom is 0.214 e. The summed E-state index contributed by atoms with van der Waals surface area (Å²) < 4.78 is 10.9. The lowest BCUT2D eigenvalue weighted by molar-refractivity contribution is 0.292. The monoisotopic (exact) mass is 305 g/mol. The molecule has 0 N–H and O–H groups in total. The molecule has 0 aliphatic heterocycles. The molecule has 0 bridgehead atoms. The van der Waals surface area contributed by atoms with Gasteiger partial charge in [-0.05, 0) is 35.7 Å². The van der Waals surface area contributed by atoms with E-state index in [0.29, 0.717) is 18.4 Å². The lowest BCUT2D eigenvalue weighted by Gasteiger charge is -2.09. The van der Waals surface area contributed by atoms with E-state index in [1.165, 1.54) is 0 Å². The number of aromatic nitrogens is 1. The van der Waals surface area contributed by atoms with Gasteiger partial charge in [-0.2, -0.15) is 0 Å². The van der Waals surface area contributed by atoms with Gasteiger partial charge in [-0.3, -0.25) is 0 Å². The maximum atomic E-state index is 5.92. The normalized spacial score (nSPS) is 10.4. The lowest BCUT2D eigenvalue weighted by atomic mass is 10.2. The van der Waals surface area contributed by atoms with Crippen LogP contribution < -0.4 is 9.47 Å². The Balaban J connectivity index is 2.05. The maximum absolute atomic E-state index is 5.92. The molecule has 2 rings (SSSR count). The molecule has 2 aromatic rings. The molecule has 0 fully saturated rings. The summed E-state index contributed by atoms with van der Waals surface area (Å²) in [6, 6.07) is 11.7. The first-order chi connectivity index (χ1) is 10.2. The Kier molecular flexibility index (Phi) is 5.88. The Hall–Kier alpha value is -1.74. The quantitative estimate of drug-likeness (QED) is 0.712. The van der Waals surface area contributed by atoms with Crippen molar-refractivity contribution in [3.05, 3.63) is 53.2 Å². The third-order valence-electron chi connectivity index (χ3n) is 3.12. The van der Waals surface area contributed by atoms with Crippen molar-refractivity contribution >= 4 is 11.6 Å². The molecule has 4 heteroatoms. The van der Waals surface area contributed by atoms with Gasteiger partial charge in [-0.1, -0.05) is 25.5 Å². The van der Waals surface area contributed by atoms with Crippen molar-refractivity contribution in [3.8, 4) is 11.6 Å². The largest absolute Gasteiger partial charge is 0.497 e. The Morgan fingerprint density at radius 2 is 1.86 bits per heavy atom. The highest BCUT2D eigenvalue weighted by Crippen LogP contribution is 2.18. The summed E-state index contributed by atoms with van der Waals surface area (Å²) in [5.74, 6) is 1.94. The van der Waals surface area contributed by atoms with Gasteiger partial charge in [0, 0.05) is 17.6 Å². The number of methoxy groups -OCH3 is 1. The van der Waals surface area contributed by atoms with E-state index >= 15 is 0 Å². The van der Waals surface area contributed by atoms with E-state index in [1.807, 2.05) is 36.4 Å². The van der Waals surface area contributed by atoms with E-state index in [1.54, 1.807) is 7.11 Å². The summed E-state index contributed by atoms with van der Waals surface area (Å²) in [4.78, 5) is 4.51. The van der Waals surface area contributed by atoms with Gasteiger partial charge in [0.25, 0.3) is 0 Å². The van der Waals surface area contributed by atoms with Crippen LogP contribution in [0.15, 0.2) is 36.4 Å². The number of hydrogen-bond donors (Lipinski definition) is 0. The summed E-state index contributed by atoms with van der Waals surface area (Å²) in [6.07, 6.45) is 1.99. The summed E-state index contributed by atoms with van der Waals surface area (Å²) in [5.41, 5.74) is 3.14. The Bertz CT molecular complexity index is 570. The second-order valence-electron chi connectivity index (χ2n) is 4.83. The molecule has 0 radical (unpaired) electrons. The van der Waals surface area contributed by atoms with Crippen molar-refractivity contribution in [3.63, 3.8) is 0 Å². The fraction of sp³-hybridized carbons (Fsp3) is 0.353. The van der Waals surface area contributed by atoms with Gasteiger partial charge >= 0.3 is 0 Å². The van der Waals surface area contributed by atoms with Crippen LogP contribution in [-0.4, -0.2) is 12.1 Å². The highest BCUT2D eigenvalue weighted by Gasteiger charge is 2.04. The summed E-state index contributed by atoms with van der Waals surface area (Å²) in [6.45, 7) is 2.61. The number of halogens is 1. The topological polar surface area (TPSA) is 31.4 Å². The highest BCUT2D eigenvalue weighted by atomic mass is 35.5. The first-order valence-electron chi connectivity index (χ1n) is 7.06. The van der Waals surface area contributed by atoms with E-state index in [9.17, 15) is 0 Å². The molecule has 112 valence electrons. The number of ether oxygens (including phenoxy) is 2. The van der Waals surface area contributed by atoms with Crippen LogP contribution in [0.25, 0.3) is 0 Å². The zero-order chi connectivity index (χ0) is 15.1. The Morgan fingerprint density at radius 3 is 2.48 bits per heavy atom. The van der Waals surface area contributed by atoms with Crippen molar-refractivity contribution in [2.75, 3.05) is 7.11 Å². The predicted molar refractivity (Wildman–Crippen MR) is 85.1 cm³/mol. The molecule has 0 aliphatic carbocycles. The smallest absolute Gasteiger partial charge is 0.214 e. The third kappa shape index (κ3) is 4.64. The van der Waals surface area contributed by atoms with E-state index in [2.05, 4.69) is 11.9 Å². The minimum atomic E-state index is 0.470. The van der Waals surface area contributed by atoms with Crippen LogP contribution in [0.4, 0.5) is 0 Å². The van der Waals surface area contributed by atoms with Gasteiger partial charge in [0.15, 0.2) is 0 Å². The van der Waals surface area contributed by atoms with Gasteiger partial charge < -0.3 is 9.47 Å². The van der Waals surface area contributed by atoms with Crippen molar-refractivity contribution in [2.45, 2.75) is 32.3 Å². The molecule has 3 nitrogen and oxygen atoms in total. The van der Waals surface area contributed by atoms with Crippen LogP contribution >= 0.6 is 11.6 Å². The van der Waals surface area contributed by atoms with E-state index < -0.39 is 0 Å². The first-order valence-corrected chi connectivity index (χ1v) is 7.60. The van der Waals surface area contributed by atoms with E-state index in [0.717, 1.165) is 35.4 Å². The molecule has 0 spiro atoms. The minimum absolute atomic E-state index is 0.470. The summed E-state index contributed by atoms with van der Waals surface area (Å²) in [5, 5.41) is 0. The third-order valence-corrected chi connectivity index (χ3v) is 3.43. The molecule has 1 aromatic carbocycles. The molecule has 0 amide bonds. The van der Waals surface area contributed by atoms with Crippen LogP contribution in [0.1, 0.15) is 30.2 Å². The Labute approximate surface area is 130 Å². The van der Waals surface area contributed by atoms with Gasteiger partial charge in [0.1, 0.15) is 12.4 Å². The molecule has 0 atom stereocenters. The van der Waals surface area contributed by atoms with Crippen LogP contribution in [-0.2, 0) is 18.9 Å². The van der Waals surface area contributed by atoms with Crippen molar-refractivity contribution in [1.82, 2.24) is 4.98 Å². The van der Waals surface area contributed by atoms with Crippen molar-refractivity contribution in [2.24, 2.45) is 0 Å². The molecule has 0 aliphatic rings. The van der Waals surface area contributed by atoms with Crippen LogP contribution in [0.2, 0.25) is 0 Å². The molecule has 0 saturated carbocycles. The van der Waals surface area contributed by atoms with Crippen LogP contribution in [0, 0.1) is 0 Å². The molecule has 21 heavy (non-hydrogen) atoms. The standard InChI is InChI=1S/C17H20ClNO2/c1-3-4-15-9-14(11-18)10-17(19-15)21-12-13-5-7-16(20-2)8-6-13/h5-10H,3-4,11-12H2,1-2H3. The predicted octanol–water partition coefficient (Wildman–Crippen LogP) is 4.36. The highest BCUT2D eigenvalue weighted by molar-refractivity contribution is 6.17. The molecule has 1 heterocycles. The van der Waals surface area contributed by atoms with Gasteiger partial charge in [0.05, 0.1) is 7.11 Å². The number of aryl methyl sites for hydroxylation is 1. The zero-order valence-electron chi connectivity index (χ0n) is 12.4. The molecule has 1 aromatic heterocycles. The average Bonchev–Trinajstić information content (AvgIpc) is 2.53. The van der Waals surface area contributed by atoms with Crippen LogP contribution in [0.5, 0.6) is 11.6 Å².